The number of aliphatic hydroxyl groups is 1. The van der Waals surface area contributed by atoms with E-state index in [2.05, 4.69) is 26.5 Å². The monoisotopic (exact) mass is 356 g/mol. The lowest BCUT2D eigenvalue weighted by atomic mass is 10.0. The van der Waals surface area contributed by atoms with Gasteiger partial charge < -0.3 is 14.6 Å². The molecule has 0 amide bonds. The Bertz CT molecular complexity index is 920. The molecule has 0 saturated heterocycles. The van der Waals surface area contributed by atoms with E-state index in [0.717, 1.165) is 30.0 Å². The van der Waals surface area contributed by atoms with E-state index in [1.165, 1.54) is 16.6 Å². The first-order valence-electron chi connectivity index (χ1n) is 8.42. The highest BCUT2D eigenvalue weighted by atomic mass is 35.5. The summed E-state index contributed by atoms with van der Waals surface area (Å²) in [5.41, 5.74) is 3.15. The van der Waals surface area contributed by atoms with Crippen LogP contribution in [0.2, 0.25) is 5.02 Å². The fraction of sp³-hybridized carbons (Fsp3) is 0.368. The molecular formula is C19H21ClN4O. The van der Waals surface area contributed by atoms with Gasteiger partial charge in [0.2, 0.25) is 0 Å². The molecule has 0 fully saturated rings. The van der Waals surface area contributed by atoms with Gasteiger partial charge >= 0.3 is 0 Å². The SMILES string of the molecule is CN1CCc2c(n(CC(C)(O)c3cnccn3)c3ccc(Cl)cc23)C1. The second-order valence-corrected chi connectivity index (χ2v) is 7.46. The van der Waals surface area contributed by atoms with E-state index >= 15 is 0 Å². The maximum absolute atomic E-state index is 11.1. The second kappa shape index (κ2) is 6.09. The molecule has 2 aromatic heterocycles. The molecule has 3 heterocycles. The number of fused-ring (bicyclic) bond motifs is 3. The zero-order valence-electron chi connectivity index (χ0n) is 14.4. The van der Waals surface area contributed by atoms with E-state index in [0.29, 0.717) is 12.2 Å². The minimum absolute atomic E-state index is 0.424. The summed E-state index contributed by atoms with van der Waals surface area (Å²) in [6.45, 7) is 4.10. The molecule has 0 aliphatic carbocycles. The summed E-state index contributed by atoms with van der Waals surface area (Å²) in [7, 11) is 2.12. The largest absolute Gasteiger partial charge is 0.382 e. The van der Waals surface area contributed by atoms with Gasteiger partial charge in [-0.15, -0.1) is 0 Å². The lowest BCUT2D eigenvalue weighted by molar-refractivity contribution is 0.0333. The van der Waals surface area contributed by atoms with Gasteiger partial charge in [-0.1, -0.05) is 11.6 Å². The first kappa shape index (κ1) is 16.5. The van der Waals surface area contributed by atoms with Crippen molar-refractivity contribution in [2.24, 2.45) is 0 Å². The average Bonchev–Trinajstić information content (AvgIpc) is 2.88. The molecule has 1 N–H and O–H groups in total. The molecule has 0 bridgehead atoms. The number of benzene rings is 1. The summed E-state index contributed by atoms with van der Waals surface area (Å²) in [5.74, 6) is 0. The zero-order chi connectivity index (χ0) is 17.6. The highest BCUT2D eigenvalue weighted by Crippen LogP contribution is 2.34. The standard InChI is InChI=1S/C19H21ClN4O/c1-19(25,18-10-21-6-7-22-18)12-24-16-4-3-13(20)9-15(16)14-5-8-23(2)11-17(14)24/h3-4,6-7,9-10,25H,5,8,11-12H2,1-2H3. The highest BCUT2D eigenvalue weighted by Gasteiger charge is 2.30. The van der Waals surface area contributed by atoms with Crippen molar-refractivity contribution in [1.29, 1.82) is 0 Å². The Morgan fingerprint density at radius 3 is 2.92 bits per heavy atom. The Labute approximate surface area is 151 Å². The fourth-order valence-corrected chi connectivity index (χ4v) is 3.87. The Balaban J connectivity index is 1.85. The van der Waals surface area contributed by atoms with Crippen molar-refractivity contribution >= 4 is 22.5 Å². The summed E-state index contributed by atoms with van der Waals surface area (Å²) in [6, 6.07) is 5.99. The fourth-order valence-electron chi connectivity index (χ4n) is 3.69. The molecule has 1 atom stereocenters. The Kier molecular flexibility index (Phi) is 4.02. The van der Waals surface area contributed by atoms with Crippen molar-refractivity contribution in [3.05, 3.63) is 58.8 Å². The second-order valence-electron chi connectivity index (χ2n) is 7.03. The molecule has 1 aliphatic rings. The number of nitrogens with zero attached hydrogens (tertiary/aromatic N) is 4. The van der Waals surface area contributed by atoms with E-state index in [1.54, 1.807) is 25.5 Å². The summed E-state index contributed by atoms with van der Waals surface area (Å²) in [5, 5.41) is 13.0. The maximum atomic E-state index is 11.1. The Hall–Kier alpha value is -1.95. The van der Waals surface area contributed by atoms with E-state index in [9.17, 15) is 5.11 Å². The van der Waals surface area contributed by atoms with Gasteiger partial charge in [-0.05, 0) is 44.2 Å². The van der Waals surface area contributed by atoms with E-state index in [4.69, 9.17) is 11.6 Å². The van der Waals surface area contributed by atoms with Gasteiger partial charge in [0.1, 0.15) is 5.60 Å². The number of aromatic nitrogens is 3. The van der Waals surface area contributed by atoms with E-state index < -0.39 is 5.60 Å². The molecule has 0 saturated carbocycles. The predicted molar refractivity (Wildman–Crippen MR) is 98.6 cm³/mol. The van der Waals surface area contributed by atoms with Gasteiger partial charge in [0.15, 0.2) is 0 Å². The van der Waals surface area contributed by atoms with Crippen molar-refractivity contribution in [3.63, 3.8) is 0 Å². The van der Waals surface area contributed by atoms with Gasteiger partial charge in [-0.3, -0.25) is 9.97 Å². The summed E-state index contributed by atoms with van der Waals surface area (Å²) >= 11 is 6.24. The molecule has 6 heteroatoms. The molecule has 130 valence electrons. The smallest absolute Gasteiger partial charge is 0.123 e. The molecule has 4 rings (SSSR count). The first-order valence-corrected chi connectivity index (χ1v) is 8.80. The molecule has 25 heavy (non-hydrogen) atoms. The molecule has 5 nitrogen and oxygen atoms in total. The number of hydrogen-bond acceptors (Lipinski definition) is 4. The lowest BCUT2D eigenvalue weighted by Gasteiger charge is -2.28. The van der Waals surface area contributed by atoms with Crippen LogP contribution in [0.4, 0.5) is 0 Å². The van der Waals surface area contributed by atoms with Crippen molar-refractivity contribution < 1.29 is 5.11 Å². The molecule has 1 aliphatic heterocycles. The van der Waals surface area contributed by atoms with Crippen LogP contribution in [0.25, 0.3) is 10.9 Å². The topological polar surface area (TPSA) is 54.2 Å². The van der Waals surface area contributed by atoms with Gasteiger partial charge in [0.05, 0.1) is 18.4 Å². The van der Waals surface area contributed by atoms with Crippen molar-refractivity contribution in [3.8, 4) is 0 Å². The van der Waals surface area contributed by atoms with Crippen LogP contribution in [0, 0.1) is 0 Å². The van der Waals surface area contributed by atoms with Crippen LogP contribution in [0.5, 0.6) is 0 Å². The van der Waals surface area contributed by atoms with Crippen molar-refractivity contribution in [2.75, 3.05) is 13.6 Å². The lowest BCUT2D eigenvalue weighted by Crippen LogP contribution is -2.32. The van der Waals surface area contributed by atoms with Crippen LogP contribution in [0.1, 0.15) is 23.9 Å². The molecule has 3 aromatic rings. The van der Waals surface area contributed by atoms with Gasteiger partial charge in [-0.2, -0.15) is 0 Å². The van der Waals surface area contributed by atoms with Gasteiger partial charge in [0.25, 0.3) is 0 Å². The molecule has 1 unspecified atom stereocenters. The van der Waals surface area contributed by atoms with E-state index in [1.807, 2.05) is 18.2 Å². The summed E-state index contributed by atoms with van der Waals surface area (Å²) < 4.78 is 2.21. The average molecular weight is 357 g/mol. The summed E-state index contributed by atoms with van der Waals surface area (Å²) in [6.07, 6.45) is 5.84. The number of hydrogen-bond donors (Lipinski definition) is 1. The quantitative estimate of drug-likeness (QED) is 0.784. The van der Waals surface area contributed by atoms with Crippen LogP contribution < -0.4 is 0 Å². The van der Waals surface area contributed by atoms with Crippen LogP contribution >= 0.6 is 11.6 Å². The molecular weight excluding hydrogens is 336 g/mol. The third kappa shape index (κ3) is 2.92. The normalized spacial score (nSPS) is 17.4. The van der Waals surface area contributed by atoms with Crippen molar-refractivity contribution in [2.45, 2.75) is 32.0 Å². The van der Waals surface area contributed by atoms with Crippen LogP contribution in [-0.2, 0) is 25.1 Å². The zero-order valence-corrected chi connectivity index (χ0v) is 15.2. The number of rotatable bonds is 3. The van der Waals surface area contributed by atoms with Gasteiger partial charge in [0, 0.05) is 47.1 Å². The molecule has 1 aromatic carbocycles. The minimum Gasteiger partial charge on any atom is -0.382 e. The molecule has 0 radical (unpaired) electrons. The minimum atomic E-state index is -1.11. The predicted octanol–water partition coefficient (Wildman–Crippen LogP) is 2.98. The van der Waals surface area contributed by atoms with Crippen LogP contribution in [0.3, 0.4) is 0 Å². The Morgan fingerprint density at radius 1 is 1.32 bits per heavy atom. The third-order valence-electron chi connectivity index (χ3n) is 4.99. The maximum Gasteiger partial charge on any atom is 0.123 e. The molecule has 0 spiro atoms. The van der Waals surface area contributed by atoms with Crippen LogP contribution in [0.15, 0.2) is 36.8 Å². The van der Waals surface area contributed by atoms with Crippen molar-refractivity contribution in [1.82, 2.24) is 19.4 Å². The third-order valence-corrected chi connectivity index (χ3v) is 5.23. The Morgan fingerprint density at radius 2 is 2.16 bits per heavy atom. The number of halogens is 1. The van der Waals surface area contributed by atoms with Gasteiger partial charge in [-0.25, -0.2) is 0 Å². The first-order chi connectivity index (χ1) is 12.0. The van der Waals surface area contributed by atoms with Crippen LogP contribution in [-0.4, -0.2) is 38.1 Å². The summed E-state index contributed by atoms with van der Waals surface area (Å²) in [4.78, 5) is 10.7. The van der Waals surface area contributed by atoms with E-state index in [-0.39, 0.29) is 0 Å². The number of likely N-dealkylation sites (N-methyl/N-ethyl adjacent to an activating group) is 1. The highest BCUT2D eigenvalue weighted by molar-refractivity contribution is 6.31.